The van der Waals surface area contributed by atoms with Gasteiger partial charge in [0.05, 0.1) is 28.7 Å². The lowest BCUT2D eigenvalue weighted by molar-refractivity contribution is -0.122. The number of carbonyl (C=O) groups is 2. The van der Waals surface area contributed by atoms with E-state index in [-0.39, 0.29) is 18.2 Å². The molecule has 2 aromatic carbocycles. The maximum absolute atomic E-state index is 13.1. The molecule has 4 rings (SSSR count). The monoisotopic (exact) mass is 430 g/mol. The summed E-state index contributed by atoms with van der Waals surface area (Å²) in [6.07, 6.45) is 0.210. The van der Waals surface area contributed by atoms with Crippen molar-refractivity contribution in [2.24, 2.45) is 5.92 Å². The Morgan fingerprint density at radius 2 is 1.78 bits per heavy atom. The van der Waals surface area contributed by atoms with Gasteiger partial charge in [0, 0.05) is 18.7 Å². The van der Waals surface area contributed by atoms with Crippen LogP contribution in [0, 0.1) is 26.7 Å². The van der Waals surface area contributed by atoms with E-state index in [1.54, 1.807) is 4.90 Å². The predicted octanol–water partition coefficient (Wildman–Crippen LogP) is 4.91. The Kier molecular flexibility index (Phi) is 5.87. The van der Waals surface area contributed by atoms with Crippen molar-refractivity contribution in [2.75, 3.05) is 16.8 Å². The molecule has 1 aromatic heterocycles. The summed E-state index contributed by atoms with van der Waals surface area (Å²) in [5.74, 6) is -0.181. The molecule has 0 radical (unpaired) electrons. The molecule has 1 fully saturated rings. The fourth-order valence-corrected chi connectivity index (χ4v) is 4.17. The van der Waals surface area contributed by atoms with Crippen LogP contribution in [0.3, 0.4) is 0 Å². The second kappa shape index (κ2) is 8.61. The number of nitrogens with one attached hydrogen (secondary N) is 1. The number of aryl methyl sites for hydroxylation is 2. The van der Waals surface area contributed by atoms with Gasteiger partial charge in [0.2, 0.25) is 11.8 Å². The summed E-state index contributed by atoms with van der Waals surface area (Å²) in [5, 5.41) is 7.66. The number of rotatable bonds is 5. The molecule has 1 atom stereocenters. The largest absolute Gasteiger partial charge is 0.323 e. The third kappa shape index (κ3) is 4.17. The van der Waals surface area contributed by atoms with E-state index in [0.29, 0.717) is 18.2 Å². The van der Waals surface area contributed by atoms with E-state index < -0.39 is 5.92 Å². The predicted molar refractivity (Wildman–Crippen MR) is 127 cm³/mol. The highest BCUT2D eigenvalue weighted by Gasteiger charge is 2.35. The molecule has 1 aliphatic rings. The molecule has 0 spiro atoms. The van der Waals surface area contributed by atoms with E-state index in [1.165, 1.54) is 11.1 Å². The molecule has 0 bridgehead atoms. The fraction of sp³-hybridized carbons (Fsp3) is 0.346. The first-order valence-electron chi connectivity index (χ1n) is 11.1. The van der Waals surface area contributed by atoms with E-state index in [9.17, 15) is 9.59 Å². The number of nitrogens with zero attached hydrogens (tertiary/aromatic N) is 3. The van der Waals surface area contributed by atoms with Gasteiger partial charge in [-0.15, -0.1) is 0 Å². The maximum Gasteiger partial charge on any atom is 0.229 e. The van der Waals surface area contributed by atoms with Gasteiger partial charge in [-0.1, -0.05) is 43.7 Å². The van der Waals surface area contributed by atoms with Gasteiger partial charge in [0.1, 0.15) is 0 Å². The van der Waals surface area contributed by atoms with E-state index in [0.717, 1.165) is 22.8 Å². The topological polar surface area (TPSA) is 67.2 Å². The fourth-order valence-electron chi connectivity index (χ4n) is 4.17. The third-order valence-corrected chi connectivity index (χ3v) is 6.16. The summed E-state index contributed by atoms with van der Waals surface area (Å²) in [6, 6.07) is 16.1. The number of aromatic nitrogens is 2. The molecule has 6 nitrogen and oxygen atoms in total. The van der Waals surface area contributed by atoms with Crippen LogP contribution in [0.5, 0.6) is 0 Å². The standard InChI is InChI=1S/C26H30N4O2/c1-16(2)20-7-6-8-23(13-20)29-15-21(14-24(29)31)26(32)27-25-18(4)28-30(19(25)5)22-11-9-17(3)10-12-22/h6-13,16,21H,14-15H2,1-5H3,(H,27,32). The average molecular weight is 431 g/mol. The van der Waals surface area contributed by atoms with Crippen molar-refractivity contribution in [3.63, 3.8) is 0 Å². The van der Waals surface area contributed by atoms with Crippen molar-refractivity contribution in [3.8, 4) is 5.69 Å². The summed E-state index contributed by atoms with van der Waals surface area (Å²) >= 11 is 0. The van der Waals surface area contributed by atoms with Gasteiger partial charge in [-0.25, -0.2) is 4.68 Å². The molecule has 32 heavy (non-hydrogen) atoms. The number of hydrogen-bond donors (Lipinski definition) is 1. The summed E-state index contributed by atoms with van der Waals surface area (Å²) in [7, 11) is 0. The molecule has 0 aliphatic carbocycles. The van der Waals surface area contributed by atoms with E-state index in [1.807, 2.05) is 67.9 Å². The van der Waals surface area contributed by atoms with Gasteiger partial charge in [0.15, 0.2) is 0 Å². The highest BCUT2D eigenvalue weighted by Crippen LogP contribution is 2.30. The molecule has 2 amide bonds. The van der Waals surface area contributed by atoms with Gasteiger partial charge < -0.3 is 10.2 Å². The Morgan fingerprint density at radius 1 is 1.06 bits per heavy atom. The Balaban J connectivity index is 1.51. The zero-order valence-corrected chi connectivity index (χ0v) is 19.3. The minimum atomic E-state index is -0.397. The number of anilines is 2. The average Bonchev–Trinajstić information content (AvgIpc) is 3.29. The van der Waals surface area contributed by atoms with E-state index in [4.69, 9.17) is 0 Å². The van der Waals surface area contributed by atoms with Gasteiger partial charge in [-0.3, -0.25) is 9.59 Å². The van der Waals surface area contributed by atoms with Crippen molar-refractivity contribution in [3.05, 3.63) is 71.0 Å². The van der Waals surface area contributed by atoms with Crippen molar-refractivity contribution < 1.29 is 9.59 Å². The molecule has 166 valence electrons. The number of amides is 2. The molecular weight excluding hydrogens is 400 g/mol. The summed E-state index contributed by atoms with van der Waals surface area (Å²) in [6.45, 7) is 10.5. The van der Waals surface area contributed by atoms with Gasteiger partial charge >= 0.3 is 0 Å². The van der Waals surface area contributed by atoms with Crippen molar-refractivity contribution >= 4 is 23.2 Å². The van der Waals surface area contributed by atoms with Crippen LogP contribution in [-0.4, -0.2) is 28.1 Å². The molecular formula is C26H30N4O2. The lowest BCUT2D eigenvalue weighted by Gasteiger charge is -2.18. The van der Waals surface area contributed by atoms with Crippen LogP contribution in [0.1, 0.15) is 48.7 Å². The minimum Gasteiger partial charge on any atom is -0.323 e. The quantitative estimate of drug-likeness (QED) is 0.625. The van der Waals surface area contributed by atoms with E-state index in [2.05, 4.69) is 30.3 Å². The molecule has 3 aromatic rings. The third-order valence-electron chi connectivity index (χ3n) is 6.16. The van der Waals surface area contributed by atoms with Gasteiger partial charge in [-0.05, 0) is 56.5 Å². The normalized spacial score (nSPS) is 16.1. The lowest BCUT2D eigenvalue weighted by Crippen LogP contribution is -2.28. The Labute approximate surface area is 189 Å². The molecule has 2 heterocycles. The number of carbonyl (C=O) groups excluding carboxylic acids is 2. The van der Waals surface area contributed by atoms with Crippen molar-refractivity contribution in [1.82, 2.24) is 9.78 Å². The summed E-state index contributed by atoms with van der Waals surface area (Å²) < 4.78 is 1.84. The van der Waals surface area contributed by atoms with Crippen molar-refractivity contribution in [1.29, 1.82) is 0 Å². The van der Waals surface area contributed by atoms with Crippen LogP contribution in [0.15, 0.2) is 48.5 Å². The van der Waals surface area contributed by atoms with E-state index >= 15 is 0 Å². The van der Waals surface area contributed by atoms with Crippen LogP contribution in [0.2, 0.25) is 0 Å². The second-order valence-electron chi connectivity index (χ2n) is 8.94. The van der Waals surface area contributed by atoms with Crippen LogP contribution < -0.4 is 10.2 Å². The van der Waals surface area contributed by atoms with Crippen LogP contribution in [0.4, 0.5) is 11.4 Å². The highest BCUT2D eigenvalue weighted by atomic mass is 16.2. The summed E-state index contributed by atoms with van der Waals surface area (Å²) in [4.78, 5) is 27.5. The van der Waals surface area contributed by atoms with Gasteiger partial charge in [0.25, 0.3) is 0 Å². The molecule has 1 aliphatic heterocycles. The molecule has 1 saturated heterocycles. The van der Waals surface area contributed by atoms with Crippen LogP contribution in [-0.2, 0) is 9.59 Å². The zero-order valence-electron chi connectivity index (χ0n) is 19.3. The molecule has 1 N–H and O–H groups in total. The number of hydrogen-bond acceptors (Lipinski definition) is 3. The first-order chi connectivity index (χ1) is 15.2. The first-order valence-corrected chi connectivity index (χ1v) is 11.1. The van der Waals surface area contributed by atoms with Crippen molar-refractivity contribution in [2.45, 2.75) is 47.0 Å². The summed E-state index contributed by atoms with van der Waals surface area (Å²) in [5.41, 5.74) is 6.49. The van der Waals surface area contributed by atoms with Crippen LogP contribution >= 0.6 is 0 Å². The lowest BCUT2D eigenvalue weighted by atomic mass is 10.0. The highest BCUT2D eigenvalue weighted by molar-refractivity contribution is 6.03. The number of benzene rings is 2. The Bertz CT molecular complexity index is 1160. The smallest absolute Gasteiger partial charge is 0.229 e. The van der Waals surface area contributed by atoms with Gasteiger partial charge in [-0.2, -0.15) is 5.10 Å². The first kappa shape index (κ1) is 21.8. The SMILES string of the molecule is Cc1ccc(-n2nc(C)c(NC(=O)C3CC(=O)N(c4cccc(C(C)C)c4)C3)c2C)cc1. The maximum atomic E-state index is 13.1. The molecule has 1 unspecified atom stereocenters. The zero-order chi connectivity index (χ0) is 23.0. The van der Waals surface area contributed by atoms with Crippen LogP contribution in [0.25, 0.3) is 5.69 Å². The molecule has 0 saturated carbocycles. The Morgan fingerprint density at radius 3 is 2.47 bits per heavy atom. The minimum absolute atomic E-state index is 0.0187. The Hall–Kier alpha value is -3.41. The molecule has 6 heteroatoms. The second-order valence-corrected chi connectivity index (χ2v) is 8.94.